The summed E-state index contributed by atoms with van der Waals surface area (Å²) in [6, 6.07) is 16.2. The molecule has 2 rings (SSSR count). The Bertz CT molecular complexity index is 533. The molecule has 0 saturated heterocycles. The van der Waals surface area contributed by atoms with Gasteiger partial charge in [0.05, 0.1) is 7.11 Å². The third kappa shape index (κ3) is 3.31. The van der Waals surface area contributed by atoms with E-state index in [4.69, 9.17) is 9.47 Å². The fraction of sp³-hybridized carbons (Fsp3) is 0.294. The van der Waals surface area contributed by atoms with E-state index < -0.39 is 0 Å². The molecule has 0 heterocycles. The largest absolute Gasteiger partial charge is 0.493 e. The first-order valence-corrected chi connectivity index (χ1v) is 6.86. The fourth-order valence-electron chi connectivity index (χ4n) is 2.20. The Morgan fingerprint density at radius 1 is 1.00 bits per heavy atom. The number of hydrogen-bond donors (Lipinski definition) is 1. The van der Waals surface area contributed by atoms with Gasteiger partial charge in [0.15, 0.2) is 11.5 Å². The van der Waals surface area contributed by atoms with Crippen LogP contribution in [0.1, 0.15) is 24.9 Å². The average molecular weight is 271 g/mol. The summed E-state index contributed by atoms with van der Waals surface area (Å²) in [6.45, 7) is 2.17. The maximum atomic E-state index is 5.86. The normalized spacial score (nSPS) is 11.9. The summed E-state index contributed by atoms with van der Waals surface area (Å²) in [4.78, 5) is 0. The number of benzene rings is 2. The van der Waals surface area contributed by atoms with Crippen LogP contribution in [-0.2, 0) is 0 Å². The quantitative estimate of drug-likeness (QED) is 0.855. The molecule has 3 nitrogen and oxygen atoms in total. The van der Waals surface area contributed by atoms with Gasteiger partial charge in [0, 0.05) is 6.04 Å². The first-order valence-electron chi connectivity index (χ1n) is 6.86. The summed E-state index contributed by atoms with van der Waals surface area (Å²) >= 11 is 0. The van der Waals surface area contributed by atoms with Gasteiger partial charge in [-0.2, -0.15) is 0 Å². The molecular formula is C17H21NO2. The van der Waals surface area contributed by atoms with Crippen LogP contribution in [0.25, 0.3) is 0 Å². The summed E-state index contributed by atoms with van der Waals surface area (Å²) in [5.74, 6) is 2.27. The molecule has 0 aliphatic carbocycles. The lowest BCUT2D eigenvalue weighted by Crippen LogP contribution is -2.14. The molecule has 1 atom stereocenters. The zero-order valence-corrected chi connectivity index (χ0v) is 12.2. The highest BCUT2D eigenvalue weighted by molar-refractivity contribution is 5.43. The molecule has 0 radical (unpaired) electrons. The Kier molecular flexibility index (Phi) is 5.02. The number of methoxy groups -OCH3 is 1. The summed E-state index contributed by atoms with van der Waals surface area (Å²) in [5.41, 5.74) is 1.27. The van der Waals surface area contributed by atoms with Crippen molar-refractivity contribution in [1.29, 1.82) is 0 Å². The van der Waals surface area contributed by atoms with Crippen LogP contribution < -0.4 is 14.8 Å². The second-order valence-electron chi connectivity index (χ2n) is 4.57. The smallest absolute Gasteiger partial charge is 0.169 e. The molecule has 0 fully saturated rings. The number of hydrogen-bond acceptors (Lipinski definition) is 3. The first-order chi connectivity index (χ1) is 9.78. The first kappa shape index (κ1) is 14.4. The van der Waals surface area contributed by atoms with Gasteiger partial charge in [-0.3, -0.25) is 0 Å². The van der Waals surface area contributed by atoms with Crippen molar-refractivity contribution >= 4 is 0 Å². The van der Waals surface area contributed by atoms with Gasteiger partial charge in [0.2, 0.25) is 0 Å². The zero-order chi connectivity index (χ0) is 14.4. The predicted octanol–water partition coefficient (Wildman–Crippen LogP) is 4.16. The molecule has 20 heavy (non-hydrogen) atoms. The number of para-hydroxylation sites is 2. The van der Waals surface area contributed by atoms with E-state index in [1.54, 1.807) is 7.11 Å². The number of nitrogens with one attached hydrogen (secondary N) is 1. The van der Waals surface area contributed by atoms with Gasteiger partial charge in [-0.1, -0.05) is 31.2 Å². The van der Waals surface area contributed by atoms with Crippen LogP contribution >= 0.6 is 0 Å². The maximum Gasteiger partial charge on any atom is 0.169 e. The molecule has 1 unspecified atom stereocenters. The minimum absolute atomic E-state index is 0.385. The predicted molar refractivity (Wildman–Crippen MR) is 81.6 cm³/mol. The standard InChI is InChI=1S/C17H21NO2/c1-4-15(18-2)13-9-11-14(12-10-13)20-17-8-6-5-7-16(17)19-3/h5-12,15,18H,4H2,1-3H3. The van der Waals surface area contributed by atoms with Gasteiger partial charge in [-0.05, 0) is 43.3 Å². The third-order valence-electron chi connectivity index (χ3n) is 3.34. The minimum atomic E-state index is 0.385. The average Bonchev–Trinajstić information content (AvgIpc) is 2.51. The molecule has 0 spiro atoms. The molecule has 0 aliphatic heterocycles. The Morgan fingerprint density at radius 3 is 2.20 bits per heavy atom. The van der Waals surface area contributed by atoms with E-state index in [1.165, 1.54) is 5.56 Å². The Hall–Kier alpha value is -2.00. The highest BCUT2D eigenvalue weighted by Gasteiger charge is 2.07. The third-order valence-corrected chi connectivity index (χ3v) is 3.34. The van der Waals surface area contributed by atoms with E-state index in [9.17, 15) is 0 Å². The molecule has 0 aliphatic rings. The van der Waals surface area contributed by atoms with E-state index in [2.05, 4.69) is 24.4 Å². The molecule has 0 amide bonds. The van der Waals surface area contributed by atoms with Gasteiger partial charge in [0.1, 0.15) is 5.75 Å². The zero-order valence-electron chi connectivity index (χ0n) is 12.2. The van der Waals surface area contributed by atoms with Crippen molar-refractivity contribution in [3.63, 3.8) is 0 Å². The van der Waals surface area contributed by atoms with Crippen LogP contribution in [-0.4, -0.2) is 14.2 Å². The molecule has 3 heteroatoms. The second kappa shape index (κ2) is 6.96. The highest BCUT2D eigenvalue weighted by atomic mass is 16.5. The van der Waals surface area contributed by atoms with E-state index in [0.717, 1.165) is 23.7 Å². The highest BCUT2D eigenvalue weighted by Crippen LogP contribution is 2.31. The maximum absolute atomic E-state index is 5.86. The van der Waals surface area contributed by atoms with Crippen molar-refractivity contribution in [2.24, 2.45) is 0 Å². The van der Waals surface area contributed by atoms with Crippen molar-refractivity contribution in [2.45, 2.75) is 19.4 Å². The van der Waals surface area contributed by atoms with Crippen LogP contribution in [0, 0.1) is 0 Å². The van der Waals surface area contributed by atoms with Crippen molar-refractivity contribution in [1.82, 2.24) is 5.32 Å². The van der Waals surface area contributed by atoms with Crippen LogP contribution in [0.15, 0.2) is 48.5 Å². The lowest BCUT2D eigenvalue weighted by atomic mass is 10.0. The molecule has 0 bridgehead atoms. The van der Waals surface area contributed by atoms with Crippen LogP contribution in [0.3, 0.4) is 0 Å². The molecule has 2 aromatic rings. The van der Waals surface area contributed by atoms with Gasteiger partial charge in [-0.15, -0.1) is 0 Å². The summed E-state index contributed by atoms with van der Waals surface area (Å²) in [7, 11) is 3.62. The van der Waals surface area contributed by atoms with E-state index >= 15 is 0 Å². The summed E-state index contributed by atoms with van der Waals surface area (Å²) in [6.07, 6.45) is 1.06. The molecule has 0 saturated carbocycles. The molecule has 106 valence electrons. The van der Waals surface area contributed by atoms with Gasteiger partial charge >= 0.3 is 0 Å². The number of rotatable bonds is 6. The topological polar surface area (TPSA) is 30.5 Å². The molecule has 1 N–H and O–H groups in total. The van der Waals surface area contributed by atoms with Gasteiger partial charge in [0.25, 0.3) is 0 Å². The van der Waals surface area contributed by atoms with Crippen LogP contribution in [0.2, 0.25) is 0 Å². The summed E-state index contributed by atoms with van der Waals surface area (Å²) < 4.78 is 11.1. The summed E-state index contributed by atoms with van der Waals surface area (Å²) in [5, 5.41) is 3.29. The number of ether oxygens (including phenoxy) is 2. The Labute approximate surface area is 120 Å². The Morgan fingerprint density at radius 2 is 1.65 bits per heavy atom. The minimum Gasteiger partial charge on any atom is -0.493 e. The molecular weight excluding hydrogens is 250 g/mol. The van der Waals surface area contributed by atoms with Crippen molar-refractivity contribution in [3.8, 4) is 17.2 Å². The van der Waals surface area contributed by atoms with Crippen LogP contribution in [0.5, 0.6) is 17.2 Å². The van der Waals surface area contributed by atoms with Gasteiger partial charge in [-0.25, -0.2) is 0 Å². The lowest BCUT2D eigenvalue weighted by molar-refractivity contribution is 0.379. The Balaban J connectivity index is 2.14. The van der Waals surface area contributed by atoms with Crippen molar-refractivity contribution in [3.05, 3.63) is 54.1 Å². The fourth-order valence-corrected chi connectivity index (χ4v) is 2.20. The second-order valence-corrected chi connectivity index (χ2v) is 4.57. The van der Waals surface area contributed by atoms with Crippen LogP contribution in [0.4, 0.5) is 0 Å². The molecule has 0 aromatic heterocycles. The SMILES string of the molecule is CCC(NC)c1ccc(Oc2ccccc2OC)cc1. The monoisotopic (exact) mass is 271 g/mol. The van der Waals surface area contributed by atoms with Crippen molar-refractivity contribution < 1.29 is 9.47 Å². The van der Waals surface area contributed by atoms with Crippen molar-refractivity contribution in [2.75, 3.05) is 14.2 Å². The lowest BCUT2D eigenvalue weighted by Gasteiger charge is -2.15. The van der Waals surface area contributed by atoms with Gasteiger partial charge < -0.3 is 14.8 Å². The van der Waals surface area contributed by atoms with E-state index in [0.29, 0.717) is 6.04 Å². The van der Waals surface area contributed by atoms with E-state index in [-0.39, 0.29) is 0 Å². The molecule has 2 aromatic carbocycles. The van der Waals surface area contributed by atoms with E-state index in [1.807, 2.05) is 43.4 Å².